The third kappa shape index (κ3) is 12.7. The Hall–Kier alpha value is -2.98. The molecule has 4 N–H and O–H groups in total. The van der Waals surface area contributed by atoms with Crippen LogP contribution in [0.4, 0.5) is 0 Å². The summed E-state index contributed by atoms with van der Waals surface area (Å²) in [4.78, 5) is 60.6. The quantitative estimate of drug-likeness (QED) is 0.247. The second-order valence-electron chi connectivity index (χ2n) is 10.3. The number of benzene rings is 1. The van der Waals surface area contributed by atoms with Crippen molar-refractivity contribution in [1.82, 2.24) is 21.6 Å². The summed E-state index contributed by atoms with van der Waals surface area (Å²) >= 11 is 0. The van der Waals surface area contributed by atoms with Crippen molar-refractivity contribution in [2.24, 2.45) is 17.8 Å². The maximum absolute atomic E-state index is 12.5. The summed E-state index contributed by atoms with van der Waals surface area (Å²) < 4.78 is 0. The first kappa shape index (κ1) is 32.0. The molecule has 0 radical (unpaired) electrons. The maximum atomic E-state index is 12.5. The van der Waals surface area contributed by atoms with Crippen LogP contribution in [0.2, 0.25) is 0 Å². The third-order valence-electron chi connectivity index (χ3n) is 5.19. The van der Waals surface area contributed by atoms with Gasteiger partial charge in [0.05, 0.1) is 0 Å². The van der Waals surface area contributed by atoms with Gasteiger partial charge in [-0.25, -0.2) is 11.0 Å². The number of rotatable bonds is 16. The fraction of sp³-hybridized carbons (Fsp3) is 0.630. The van der Waals surface area contributed by atoms with Gasteiger partial charge < -0.3 is 10.6 Å². The molecule has 0 saturated carbocycles. The highest BCUT2D eigenvalue weighted by atomic mass is 16.7. The van der Waals surface area contributed by atoms with Crippen LogP contribution >= 0.6 is 0 Å². The second-order valence-corrected chi connectivity index (χ2v) is 10.3. The zero-order chi connectivity index (χ0) is 28.0. The van der Waals surface area contributed by atoms with Gasteiger partial charge in [0.2, 0.25) is 0 Å². The number of carbonyl (C=O) groups is 4. The van der Waals surface area contributed by atoms with Crippen molar-refractivity contribution in [3.63, 3.8) is 0 Å². The minimum Gasteiger partial charge on any atom is -0.354 e. The topological polar surface area (TPSA) is 135 Å². The molecule has 10 nitrogen and oxygen atoms in total. The molecule has 0 heterocycles. The molecular formula is C27H44N4O6. The summed E-state index contributed by atoms with van der Waals surface area (Å²) in [7, 11) is 0. The fourth-order valence-electron chi connectivity index (χ4n) is 3.12. The van der Waals surface area contributed by atoms with Gasteiger partial charge in [0.1, 0.15) is 0 Å². The van der Waals surface area contributed by atoms with Crippen LogP contribution in [0, 0.1) is 17.8 Å². The summed E-state index contributed by atoms with van der Waals surface area (Å²) in [6.07, 6.45) is -0.0157. The molecule has 2 atom stereocenters. The Morgan fingerprint density at radius 3 is 1.46 bits per heavy atom. The molecular weight excluding hydrogens is 476 g/mol. The van der Waals surface area contributed by atoms with Crippen LogP contribution < -0.4 is 21.6 Å². The summed E-state index contributed by atoms with van der Waals surface area (Å²) in [6.45, 7) is 14.8. The van der Waals surface area contributed by atoms with E-state index in [1.807, 2.05) is 48.5 Å². The largest absolute Gasteiger partial charge is 0.354 e. The lowest BCUT2D eigenvalue weighted by molar-refractivity contribution is -0.138. The highest BCUT2D eigenvalue weighted by Gasteiger charge is 2.23. The molecule has 10 heteroatoms. The van der Waals surface area contributed by atoms with Crippen molar-refractivity contribution < 1.29 is 28.9 Å². The van der Waals surface area contributed by atoms with Crippen molar-refractivity contribution in [3.05, 3.63) is 35.4 Å². The molecule has 0 aliphatic heterocycles. The summed E-state index contributed by atoms with van der Waals surface area (Å²) in [6, 6.07) is 5.84. The Kier molecular flexibility index (Phi) is 14.5. The first-order chi connectivity index (χ1) is 17.4. The summed E-state index contributed by atoms with van der Waals surface area (Å²) in [5.74, 6) is -0.877. The van der Waals surface area contributed by atoms with Gasteiger partial charge in [0.25, 0.3) is 23.6 Å². The Morgan fingerprint density at radius 1 is 0.676 bits per heavy atom. The highest BCUT2D eigenvalue weighted by molar-refractivity contribution is 5.97. The second kappa shape index (κ2) is 16.7. The Balaban J connectivity index is 2.68. The van der Waals surface area contributed by atoms with Crippen LogP contribution in [0.25, 0.3) is 0 Å². The predicted octanol–water partition coefficient (Wildman–Crippen LogP) is 3.14. The number of amides is 4. The van der Waals surface area contributed by atoms with Crippen LogP contribution in [0.15, 0.2) is 24.3 Å². The molecule has 0 spiro atoms. The van der Waals surface area contributed by atoms with Gasteiger partial charge in [-0.05, 0) is 54.9 Å². The van der Waals surface area contributed by atoms with E-state index in [0.717, 1.165) is 0 Å². The fourth-order valence-corrected chi connectivity index (χ4v) is 3.12. The lowest BCUT2D eigenvalue weighted by Gasteiger charge is -2.20. The molecule has 0 aliphatic carbocycles. The molecule has 0 aromatic heterocycles. The van der Waals surface area contributed by atoms with E-state index in [4.69, 9.17) is 9.68 Å². The predicted molar refractivity (Wildman–Crippen MR) is 141 cm³/mol. The van der Waals surface area contributed by atoms with Gasteiger partial charge in [0.15, 0.2) is 12.2 Å². The summed E-state index contributed by atoms with van der Waals surface area (Å²) in [5.41, 5.74) is 5.16. The van der Waals surface area contributed by atoms with Gasteiger partial charge in [-0.1, -0.05) is 54.9 Å². The molecule has 4 amide bonds. The zero-order valence-electron chi connectivity index (χ0n) is 23.2. The van der Waals surface area contributed by atoms with Crippen LogP contribution in [0.1, 0.15) is 88.4 Å². The van der Waals surface area contributed by atoms with Gasteiger partial charge in [-0.15, -0.1) is 0 Å². The lowest BCUT2D eigenvalue weighted by Crippen LogP contribution is -2.42. The van der Waals surface area contributed by atoms with Crippen molar-refractivity contribution in [2.75, 3.05) is 13.1 Å². The van der Waals surface area contributed by atoms with Gasteiger partial charge >= 0.3 is 0 Å². The zero-order valence-corrected chi connectivity index (χ0v) is 23.2. The normalized spacial score (nSPS) is 12.8. The van der Waals surface area contributed by atoms with Crippen LogP contribution in [0.5, 0.6) is 0 Å². The Morgan fingerprint density at radius 2 is 1.08 bits per heavy atom. The van der Waals surface area contributed by atoms with E-state index in [9.17, 15) is 19.2 Å². The number of hydrogen-bond acceptors (Lipinski definition) is 6. The minimum absolute atomic E-state index is 0.185. The first-order valence-corrected chi connectivity index (χ1v) is 13.0. The molecule has 1 rings (SSSR count). The Bertz CT molecular complexity index is 870. The van der Waals surface area contributed by atoms with Gasteiger partial charge in [0, 0.05) is 24.2 Å². The first-order valence-electron chi connectivity index (χ1n) is 13.0. The van der Waals surface area contributed by atoms with Crippen molar-refractivity contribution >= 4 is 23.6 Å². The van der Waals surface area contributed by atoms with E-state index >= 15 is 0 Å². The molecule has 0 bridgehead atoms. The van der Waals surface area contributed by atoms with E-state index in [0.29, 0.717) is 44.2 Å². The molecule has 37 heavy (non-hydrogen) atoms. The average molecular weight is 521 g/mol. The summed E-state index contributed by atoms with van der Waals surface area (Å²) in [5, 5.41) is 5.62. The number of hydrogen-bond donors (Lipinski definition) is 4. The number of hydroxylamine groups is 2. The Labute approximate surface area is 220 Å². The van der Waals surface area contributed by atoms with Crippen LogP contribution in [0.3, 0.4) is 0 Å². The monoisotopic (exact) mass is 520 g/mol. The SMILES string of the molecule is CCC[C@@H](ONC(=O)c1ccc(C(=O)NO[C@H](CC(C)C)C(=O)NCC(C)C)cc1)C(=O)NCC(C)C. The van der Waals surface area contributed by atoms with Crippen molar-refractivity contribution in [2.45, 2.75) is 79.9 Å². The van der Waals surface area contributed by atoms with E-state index in [1.165, 1.54) is 24.3 Å². The molecule has 1 aromatic rings. The van der Waals surface area contributed by atoms with Crippen molar-refractivity contribution in [3.8, 4) is 0 Å². The average Bonchev–Trinajstić information content (AvgIpc) is 2.85. The van der Waals surface area contributed by atoms with E-state index in [-0.39, 0.29) is 28.9 Å². The van der Waals surface area contributed by atoms with E-state index in [1.54, 1.807) is 0 Å². The molecule has 0 unspecified atom stereocenters. The molecule has 208 valence electrons. The molecule has 0 saturated heterocycles. The lowest BCUT2D eigenvalue weighted by atomic mass is 10.1. The van der Waals surface area contributed by atoms with Gasteiger partial charge in [-0.3, -0.25) is 28.9 Å². The molecule has 1 aromatic carbocycles. The van der Waals surface area contributed by atoms with Gasteiger partial charge in [-0.2, -0.15) is 0 Å². The number of carbonyl (C=O) groups excluding carboxylic acids is 4. The minimum atomic E-state index is -0.821. The number of nitrogens with one attached hydrogen (secondary N) is 4. The van der Waals surface area contributed by atoms with Crippen LogP contribution in [-0.2, 0) is 19.3 Å². The van der Waals surface area contributed by atoms with E-state index < -0.39 is 24.0 Å². The highest BCUT2D eigenvalue weighted by Crippen LogP contribution is 2.10. The maximum Gasteiger partial charge on any atom is 0.274 e. The molecule has 0 fully saturated rings. The standard InChI is InChI=1S/C27H44N4O6/c1-8-9-22(26(34)28-15-18(4)5)36-30-24(32)20-10-12-21(13-11-20)25(33)31-37-23(14-17(2)3)27(35)29-16-19(6)7/h10-13,17-19,22-23H,8-9,14-16H2,1-7H3,(H,28,34)(H,29,35)(H,30,32)(H,31,33)/t22-,23-/m1/s1. The van der Waals surface area contributed by atoms with Crippen LogP contribution in [-0.4, -0.2) is 48.9 Å². The molecule has 0 aliphatic rings. The van der Waals surface area contributed by atoms with E-state index in [2.05, 4.69) is 21.6 Å². The van der Waals surface area contributed by atoms with Crippen molar-refractivity contribution in [1.29, 1.82) is 0 Å². The third-order valence-corrected chi connectivity index (χ3v) is 5.19. The smallest absolute Gasteiger partial charge is 0.274 e.